The Morgan fingerprint density at radius 3 is 2.43 bits per heavy atom. The van der Waals surface area contributed by atoms with Crippen molar-refractivity contribution in [2.75, 3.05) is 18.4 Å². The Bertz CT molecular complexity index is 840. The Morgan fingerprint density at radius 1 is 1.11 bits per heavy atom. The predicted molar refractivity (Wildman–Crippen MR) is 109 cm³/mol. The Labute approximate surface area is 165 Å². The number of rotatable bonds is 5. The van der Waals surface area contributed by atoms with Crippen LogP contribution in [0.2, 0.25) is 0 Å². The molecule has 2 aromatic rings. The number of carbonyl (C=O) groups excluding carboxylic acids is 2. The molecule has 5 heteroatoms. The van der Waals surface area contributed by atoms with Gasteiger partial charge in [-0.2, -0.15) is 0 Å². The molecule has 1 aliphatic heterocycles. The second kappa shape index (κ2) is 9.00. The van der Waals surface area contributed by atoms with Gasteiger partial charge in [-0.1, -0.05) is 37.3 Å². The van der Waals surface area contributed by atoms with Crippen molar-refractivity contribution in [1.82, 2.24) is 4.90 Å². The zero-order valence-corrected chi connectivity index (χ0v) is 16.5. The summed E-state index contributed by atoms with van der Waals surface area (Å²) in [6.07, 6.45) is 2.45. The topological polar surface area (TPSA) is 49.4 Å². The second-order valence-corrected chi connectivity index (χ2v) is 7.41. The van der Waals surface area contributed by atoms with Crippen molar-refractivity contribution in [3.8, 4) is 0 Å². The molecule has 0 atom stereocenters. The fraction of sp³-hybridized carbons (Fsp3) is 0.391. The number of hydrogen-bond acceptors (Lipinski definition) is 2. The number of halogens is 1. The third-order valence-corrected chi connectivity index (χ3v) is 5.48. The molecular weight excluding hydrogens is 355 g/mol. The number of piperidine rings is 1. The zero-order chi connectivity index (χ0) is 20.1. The molecule has 2 aromatic carbocycles. The van der Waals surface area contributed by atoms with Crippen molar-refractivity contribution in [3.63, 3.8) is 0 Å². The lowest BCUT2D eigenvalue weighted by Crippen LogP contribution is -2.42. The molecule has 1 heterocycles. The highest BCUT2D eigenvalue weighted by Gasteiger charge is 2.27. The molecule has 1 fully saturated rings. The van der Waals surface area contributed by atoms with Gasteiger partial charge in [-0.05, 0) is 55.0 Å². The van der Waals surface area contributed by atoms with E-state index in [1.807, 2.05) is 25.1 Å². The molecule has 28 heavy (non-hydrogen) atoms. The van der Waals surface area contributed by atoms with Crippen LogP contribution >= 0.6 is 0 Å². The quantitative estimate of drug-likeness (QED) is 0.846. The molecule has 0 aromatic heterocycles. The number of anilines is 1. The van der Waals surface area contributed by atoms with Crippen LogP contribution in [0.15, 0.2) is 42.5 Å². The van der Waals surface area contributed by atoms with E-state index < -0.39 is 0 Å². The molecule has 0 unspecified atom stereocenters. The highest BCUT2D eigenvalue weighted by molar-refractivity contribution is 5.94. The monoisotopic (exact) mass is 382 g/mol. The smallest absolute Gasteiger partial charge is 0.227 e. The SMILES string of the molecule is CCc1cccc(C)c1NC(=O)C1CCN(C(=O)Cc2ccc(F)cc2)CC1. The number of hydrogen-bond donors (Lipinski definition) is 1. The first-order chi connectivity index (χ1) is 13.5. The van der Waals surface area contributed by atoms with Gasteiger partial charge in [-0.3, -0.25) is 9.59 Å². The molecule has 3 rings (SSSR count). The van der Waals surface area contributed by atoms with Crippen LogP contribution in [0.25, 0.3) is 0 Å². The van der Waals surface area contributed by atoms with Crippen molar-refractivity contribution in [2.45, 2.75) is 39.5 Å². The van der Waals surface area contributed by atoms with Crippen molar-refractivity contribution >= 4 is 17.5 Å². The van der Waals surface area contributed by atoms with E-state index in [1.54, 1.807) is 17.0 Å². The average molecular weight is 382 g/mol. The minimum atomic E-state index is -0.303. The van der Waals surface area contributed by atoms with Crippen molar-refractivity contribution in [2.24, 2.45) is 5.92 Å². The Balaban J connectivity index is 1.54. The number of nitrogens with one attached hydrogen (secondary N) is 1. The van der Waals surface area contributed by atoms with Gasteiger partial charge in [0.05, 0.1) is 6.42 Å². The molecular formula is C23H27FN2O2. The van der Waals surface area contributed by atoms with E-state index >= 15 is 0 Å². The second-order valence-electron chi connectivity index (χ2n) is 7.41. The molecule has 1 N–H and O–H groups in total. The van der Waals surface area contributed by atoms with Crippen LogP contribution < -0.4 is 5.32 Å². The van der Waals surface area contributed by atoms with Gasteiger partial charge in [0.15, 0.2) is 0 Å². The van der Waals surface area contributed by atoms with E-state index in [2.05, 4.69) is 12.2 Å². The van der Waals surface area contributed by atoms with E-state index in [-0.39, 0.29) is 30.0 Å². The summed E-state index contributed by atoms with van der Waals surface area (Å²) < 4.78 is 13.0. The zero-order valence-electron chi connectivity index (χ0n) is 16.5. The van der Waals surface area contributed by atoms with Crippen LogP contribution in [0.1, 0.15) is 36.5 Å². The van der Waals surface area contributed by atoms with Crippen molar-refractivity contribution in [1.29, 1.82) is 0 Å². The average Bonchev–Trinajstić information content (AvgIpc) is 2.71. The lowest BCUT2D eigenvalue weighted by molar-refractivity contribution is -0.133. The molecule has 0 saturated carbocycles. The summed E-state index contributed by atoms with van der Waals surface area (Å²) >= 11 is 0. The summed E-state index contributed by atoms with van der Waals surface area (Å²) in [6, 6.07) is 12.1. The molecule has 1 aliphatic rings. The Kier molecular flexibility index (Phi) is 6.45. The van der Waals surface area contributed by atoms with Crippen LogP contribution in [0.5, 0.6) is 0 Å². The van der Waals surface area contributed by atoms with Gasteiger partial charge in [-0.25, -0.2) is 4.39 Å². The number of aryl methyl sites for hydroxylation is 2. The van der Waals surface area contributed by atoms with E-state index in [4.69, 9.17) is 0 Å². The molecule has 4 nitrogen and oxygen atoms in total. The lowest BCUT2D eigenvalue weighted by atomic mass is 9.94. The number of likely N-dealkylation sites (tertiary alicyclic amines) is 1. The summed E-state index contributed by atoms with van der Waals surface area (Å²) in [5.41, 5.74) is 3.93. The summed E-state index contributed by atoms with van der Waals surface area (Å²) in [5, 5.41) is 3.11. The molecule has 2 amide bonds. The number of carbonyl (C=O) groups is 2. The maximum Gasteiger partial charge on any atom is 0.227 e. The van der Waals surface area contributed by atoms with Crippen LogP contribution in [0.3, 0.4) is 0 Å². The van der Waals surface area contributed by atoms with Gasteiger partial charge in [0, 0.05) is 24.7 Å². The van der Waals surface area contributed by atoms with Crippen LogP contribution in [-0.4, -0.2) is 29.8 Å². The summed E-state index contributed by atoms with van der Waals surface area (Å²) in [4.78, 5) is 27.0. The van der Waals surface area contributed by atoms with Gasteiger partial charge in [0.25, 0.3) is 0 Å². The van der Waals surface area contributed by atoms with Gasteiger partial charge in [0.2, 0.25) is 11.8 Å². The molecule has 0 radical (unpaired) electrons. The first kappa shape index (κ1) is 20.1. The standard InChI is InChI=1S/C23H27FN2O2/c1-3-18-6-4-5-16(2)22(18)25-23(28)19-11-13-26(14-12-19)21(27)15-17-7-9-20(24)10-8-17/h4-10,19H,3,11-15H2,1-2H3,(H,25,28). The fourth-order valence-electron chi connectivity index (χ4n) is 3.71. The molecule has 0 spiro atoms. The third kappa shape index (κ3) is 4.77. The van der Waals surface area contributed by atoms with Gasteiger partial charge in [-0.15, -0.1) is 0 Å². The number of para-hydroxylation sites is 1. The fourth-order valence-corrected chi connectivity index (χ4v) is 3.71. The number of benzene rings is 2. The largest absolute Gasteiger partial charge is 0.342 e. The van der Waals surface area contributed by atoms with Gasteiger partial charge >= 0.3 is 0 Å². The molecule has 0 aliphatic carbocycles. The van der Waals surface area contributed by atoms with E-state index in [1.165, 1.54) is 12.1 Å². The van der Waals surface area contributed by atoms with Crippen LogP contribution in [0.4, 0.5) is 10.1 Å². The Hall–Kier alpha value is -2.69. The number of nitrogens with zero attached hydrogens (tertiary/aromatic N) is 1. The van der Waals surface area contributed by atoms with E-state index in [0.29, 0.717) is 25.9 Å². The summed E-state index contributed by atoms with van der Waals surface area (Å²) in [6.45, 7) is 5.24. The highest BCUT2D eigenvalue weighted by atomic mass is 19.1. The minimum Gasteiger partial charge on any atom is -0.342 e. The molecule has 148 valence electrons. The maximum atomic E-state index is 13.0. The van der Waals surface area contributed by atoms with E-state index in [9.17, 15) is 14.0 Å². The lowest BCUT2D eigenvalue weighted by Gasteiger charge is -2.31. The number of amides is 2. The van der Waals surface area contributed by atoms with Gasteiger partial charge < -0.3 is 10.2 Å². The van der Waals surface area contributed by atoms with Crippen LogP contribution in [0, 0.1) is 18.7 Å². The normalized spacial score (nSPS) is 14.8. The third-order valence-electron chi connectivity index (χ3n) is 5.48. The van der Waals surface area contributed by atoms with Crippen molar-refractivity contribution in [3.05, 3.63) is 65.0 Å². The van der Waals surface area contributed by atoms with Gasteiger partial charge in [0.1, 0.15) is 5.82 Å². The minimum absolute atomic E-state index is 0.0256. The van der Waals surface area contributed by atoms with E-state index in [0.717, 1.165) is 28.8 Å². The first-order valence-corrected chi connectivity index (χ1v) is 9.89. The Morgan fingerprint density at radius 2 is 1.79 bits per heavy atom. The highest BCUT2D eigenvalue weighted by Crippen LogP contribution is 2.25. The van der Waals surface area contributed by atoms with Crippen LogP contribution in [-0.2, 0) is 22.4 Å². The summed E-state index contributed by atoms with van der Waals surface area (Å²) in [7, 11) is 0. The molecule has 0 bridgehead atoms. The summed E-state index contributed by atoms with van der Waals surface area (Å²) in [5.74, 6) is -0.325. The first-order valence-electron chi connectivity index (χ1n) is 9.89. The molecule has 1 saturated heterocycles. The maximum absolute atomic E-state index is 13.0. The predicted octanol–water partition coefficient (Wildman–Crippen LogP) is 4.12. The van der Waals surface area contributed by atoms with Crippen molar-refractivity contribution < 1.29 is 14.0 Å².